The first-order valence-corrected chi connectivity index (χ1v) is 11.2. The van der Waals surface area contributed by atoms with Crippen LogP contribution in [0.3, 0.4) is 0 Å². The van der Waals surface area contributed by atoms with E-state index in [1.165, 1.54) is 22.4 Å². The Balaban J connectivity index is 1.29. The van der Waals surface area contributed by atoms with E-state index in [2.05, 4.69) is 61.6 Å². The zero-order valence-electron chi connectivity index (χ0n) is 18.4. The lowest BCUT2D eigenvalue weighted by atomic mass is 9.93. The first-order chi connectivity index (χ1) is 14.9. The van der Waals surface area contributed by atoms with E-state index in [9.17, 15) is 9.50 Å². The summed E-state index contributed by atoms with van der Waals surface area (Å²) in [5, 5.41) is 16.5. The molecule has 0 saturated heterocycles. The number of rotatable bonds is 10. The molecule has 0 heterocycles. The molecule has 1 fully saturated rings. The Morgan fingerprint density at radius 2 is 1.74 bits per heavy atom. The highest BCUT2D eigenvalue weighted by atomic mass is 19.1. The van der Waals surface area contributed by atoms with Crippen molar-refractivity contribution in [1.82, 2.24) is 5.32 Å². The third kappa shape index (κ3) is 5.91. The lowest BCUT2D eigenvalue weighted by molar-refractivity contribution is -0.0225. The van der Waals surface area contributed by atoms with Crippen LogP contribution < -0.4 is 5.32 Å². The summed E-state index contributed by atoms with van der Waals surface area (Å²) in [6.07, 6.45) is 2.02. The molecular formula is C27H32FNO2. The lowest BCUT2D eigenvalue weighted by Crippen LogP contribution is -2.46. The highest BCUT2D eigenvalue weighted by Gasteiger charge is 2.35. The van der Waals surface area contributed by atoms with Crippen molar-refractivity contribution in [2.45, 2.75) is 50.9 Å². The second-order valence-electron chi connectivity index (χ2n) is 9.39. The van der Waals surface area contributed by atoms with E-state index in [-0.39, 0.29) is 24.1 Å². The largest absolute Gasteiger partial charge is 0.389 e. The molecule has 1 aliphatic rings. The lowest BCUT2D eigenvalue weighted by Gasteiger charge is -2.29. The quantitative estimate of drug-likeness (QED) is 0.459. The normalized spacial score (nSPS) is 16.4. The molecular weight excluding hydrogens is 389 g/mol. The van der Waals surface area contributed by atoms with Gasteiger partial charge in [0, 0.05) is 17.6 Å². The van der Waals surface area contributed by atoms with Crippen LogP contribution in [0.5, 0.6) is 0 Å². The van der Waals surface area contributed by atoms with E-state index in [0.29, 0.717) is 18.0 Å². The van der Waals surface area contributed by atoms with Crippen molar-refractivity contribution in [3.05, 3.63) is 83.7 Å². The third-order valence-electron chi connectivity index (χ3n) is 6.01. The summed E-state index contributed by atoms with van der Waals surface area (Å²) in [4.78, 5) is 0. The molecule has 1 aliphatic carbocycles. The molecule has 164 valence electrons. The molecule has 4 rings (SSSR count). The maximum Gasteiger partial charge on any atom is 0.129 e. The van der Waals surface area contributed by atoms with Gasteiger partial charge in [-0.1, -0.05) is 60.7 Å². The Morgan fingerprint density at radius 3 is 2.48 bits per heavy atom. The van der Waals surface area contributed by atoms with E-state index < -0.39 is 6.10 Å². The van der Waals surface area contributed by atoms with Crippen molar-refractivity contribution in [3.8, 4) is 0 Å². The number of fused-ring (bicyclic) bond motifs is 1. The highest BCUT2D eigenvalue weighted by Crippen LogP contribution is 2.44. The van der Waals surface area contributed by atoms with Gasteiger partial charge in [0.05, 0.1) is 18.8 Å². The van der Waals surface area contributed by atoms with Gasteiger partial charge in [0.1, 0.15) is 5.82 Å². The molecule has 1 saturated carbocycles. The van der Waals surface area contributed by atoms with Gasteiger partial charge in [-0.2, -0.15) is 0 Å². The standard InChI is InChI=1S/C27H32FNO2/c1-27(2,16-19-11-12-20-7-3-4-8-22(20)15-19)29-17-23(30)18-31-26(21-13-14-21)24-9-5-6-10-25(24)28/h3-12,15,21,23,26,29-30H,13-14,16-18H2,1-2H3/t23-,26?/m1/s1. The number of ether oxygens (including phenoxy) is 1. The van der Waals surface area contributed by atoms with Crippen LogP contribution in [0.2, 0.25) is 0 Å². The minimum atomic E-state index is -0.649. The SMILES string of the molecule is CC(C)(Cc1ccc2ccccc2c1)NC[C@@H](O)COC(c1ccccc1F)C1CC1. The second kappa shape index (κ2) is 9.47. The predicted octanol–water partition coefficient (Wildman–Crippen LogP) is 5.42. The van der Waals surface area contributed by atoms with E-state index in [0.717, 1.165) is 19.3 Å². The summed E-state index contributed by atoms with van der Waals surface area (Å²) in [6, 6.07) is 21.7. The van der Waals surface area contributed by atoms with Gasteiger partial charge in [-0.05, 0) is 61.4 Å². The van der Waals surface area contributed by atoms with Crippen molar-refractivity contribution in [2.75, 3.05) is 13.2 Å². The zero-order valence-corrected chi connectivity index (χ0v) is 18.4. The molecule has 3 aromatic carbocycles. The molecule has 0 aromatic heterocycles. The number of nitrogens with one attached hydrogen (secondary N) is 1. The fraction of sp³-hybridized carbons (Fsp3) is 0.407. The Morgan fingerprint density at radius 1 is 1.03 bits per heavy atom. The molecule has 3 nitrogen and oxygen atoms in total. The topological polar surface area (TPSA) is 41.5 Å². The van der Waals surface area contributed by atoms with Crippen LogP contribution >= 0.6 is 0 Å². The fourth-order valence-electron chi connectivity index (χ4n) is 4.17. The number of hydrogen-bond donors (Lipinski definition) is 2. The molecule has 2 N–H and O–H groups in total. The van der Waals surface area contributed by atoms with Gasteiger partial charge >= 0.3 is 0 Å². The van der Waals surface area contributed by atoms with Gasteiger partial charge in [-0.3, -0.25) is 0 Å². The first kappa shape index (κ1) is 21.9. The summed E-state index contributed by atoms with van der Waals surface area (Å²) in [5.41, 5.74) is 1.68. The molecule has 1 unspecified atom stereocenters. The van der Waals surface area contributed by atoms with Crippen molar-refractivity contribution in [2.24, 2.45) is 5.92 Å². The minimum absolute atomic E-state index is 0.176. The smallest absolute Gasteiger partial charge is 0.129 e. The number of aliphatic hydroxyl groups is 1. The van der Waals surface area contributed by atoms with E-state index in [4.69, 9.17) is 4.74 Å². The van der Waals surface area contributed by atoms with Crippen LogP contribution in [0.15, 0.2) is 66.7 Å². The van der Waals surface area contributed by atoms with Crippen molar-refractivity contribution in [1.29, 1.82) is 0 Å². The second-order valence-corrected chi connectivity index (χ2v) is 9.39. The van der Waals surface area contributed by atoms with Crippen LogP contribution in [0.25, 0.3) is 10.8 Å². The monoisotopic (exact) mass is 421 g/mol. The molecule has 0 spiro atoms. The summed E-state index contributed by atoms with van der Waals surface area (Å²) in [7, 11) is 0. The molecule has 3 aromatic rings. The summed E-state index contributed by atoms with van der Waals surface area (Å²) >= 11 is 0. The van der Waals surface area contributed by atoms with Gasteiger partial charge in [0.2, 0.25) is 0 Å². The molecule has 0 radical (unpaired) electrons. The predicted molar refractivity (Wildman–Crippen MR) is 124 cm³/mol. The molecule has 0 bridgehead atoms. The van der Waals surface area contributed by atoms with E-state index in [1.807, 2.05) is 6.07 Å². The van der Waals surface area contributed by atoms with Crippen LogP contribution in [0.4, 0.5) is 4.39 Å². The number of aliphatic hydroxyl groups excluding tert-OH is 1. The fourth-order valence-corrected chi connectivity index (χ4v) is 4.17. The number of β-amino-alcohol motifs (C(OH)–C–C–N with tert-alkyl or cyclic N) is 1. The zero-order chi connectivity index (χ0) is 21.8. The van der Waals surface area contributed by atoms with Crippen LogP contribution in [-0.4, -0.2) is 29.9 Å². The minimum Gasteiger partial charge on any atom is -0.389 e. The van der Waals surface area contributed by atoms with Gasteiger partial charge in [0.15, 0.2) is 0 Å². The molecule has 2 atom stereocenters. The Bertz CT molecular complexity index is 1010. The van der Waals surface area contributed by atoms with Gasteiger partial charge in [0.25, 0.3) is 0 Å². The van der Waals surface area contributed by atoms with Crippen LogP contribution in [0.1, 0.15) is 43.9 Å². The maximum absolute atomic E-state index is 14.2. The first-order valence-electron chi connectivity index (χ1n) is 11.2. The van der Waals surface area contributed by atoms with Gasteiger partial charge < -0.3 is 15.2 Å². The van der Waals surface area contributed by atoms with Crippen molar-refractivity contribution >= 4 is 10.8 Å². The highest BCUT2D eigenvalue weighted by molar-refractivity contribution is 5.83. The maximum atomic E-state index is 14.2. The summed E-state index contributed by atoms with van der Waals surface area (Å²) in [6.45, 7) is 4.90. The number of halogens is 1. The average molecular weight is 422 g/mol. The third-order valence-corrected chi connectivity index (χ3v) is 6.01. The number of hydrogen-bond acceptors (Lipinski definition) is 3. The molecule has 4 heteroatoms. The van der Waals surface area contributed by atoms with Gasteiger partial charge in [-0.15, -0.1) is 0 Å². The van der Waals surface area contributed by atoms with Crippen molar-refractivity contribution in [3.63, 3.8) is 0 Å². The number of benzene rings is 3. The molecule has 0 amide bonds. The Kier molecular flexibility index (Phi) is 6.71. The summed E-state index contributed by atoms with van der Waals surface area (Å²) < 4.78 is 20.2. The molecule has 31 heavy (non-hydrogen) atoms. The van der Waals surface area contributed by atoms with E-state index in [1.54, 1.807) is 12.1 Å². The molecule has 0 aliphatic heterocycles. The summed E-state index contributed by atoms with van der Waals surface area (Å²) in [5.74, 6) is 0.116. The average Bonchev–Trinajstić information content (AvgIpc) is 3.59. The van der Waals surface area contributed by atoms with Crippen molar-refractivity contribution < 1.29 is 14.2 Å². The Labute approximate surface area is 184 Å². The van der Waals surface area contributed by atoms with Crippen LogP contribution in [0, 0.1) is 11.7 Å². The van der Waals surface area contributed by atoms with Crippen LogP contribution in [-0.2, 0) is 11.2 Å². The van der Waals surface area contributed by atoms with Gasteiger partial charge in [-0.25, -0.2) is 4.39 Å². The van der Waals surface area contributed by atoms with E-state index >= 15 is 0 Å². The Hall–Kier alpha value is -2.27.